The van der Waals surface area contributed by atoms with Gasteiger partial charge in [-0.25, -0.2) is 4.79 Å². The van der Waals surface area contributed by atoms with Crippen LogP contribution >= 0.6 is 0 Å². The molecule has 0 heterocycles. The number of hydrogen-bond donors (Lipinski definition) is 0. The minimum absolute atomic E-state index is 0.0373. The van der Waals surface area contributed by atoms with Crippen molar-refractivity contribution < 1.29 is 47.7 Å². The maximum absolute atomic E-state index is 13.1. The highest BCUT2D eigenvalue weighted by atomic mass is 16.6. The van der Waals surface area contributed by atoms with Gasteiger partial charge in [0.2, 0.25) is 6.10 Å². The van der Waals surface area contributed by atoms with Gasteiger partial charge in [-0.2, -0.15) is 0 Å². The number of ether oxygens (including phenoxy) is 5. The van der Waals surface area contributed by atoms with Crippen LogP contribution in [0.3, 0.4) is 0 Å². The third-order valence-electron chi connectivity index (χ3n) is 11.3. The van der Waals surface area contributed by atoms with Crippen LogP contribution in [0, 0.1) is 11.8 Å². The summed E-state index contributed by atoms with van der Waals surface area (Å²) in [5, 5.41) is 0. The molecule has 0 radical (unpaired) electrons. The van der Waals surface area contributed by atoms with Gasteiger partial charge in [0.15, 0.2) is 0 Å². The molecule has 0 N–H and O–H groups in total. The van der Waals surface area contributed by atoms with E-state index in [9.17, 15) is 24.0 Å². The second-order valence-corrected chi connectivity index (χ2v) is 17.4. The predicted molar refractivity (Wildman–Crippen MR) is 245 cm³/mol. The van der Waals surface area contributed by atoms with Crippen molar-refractivity contribution >= 4 is 29.8 Å². The molecule has 0 fully saturated rings. The van der Waals surface area contributed by atoms with E-state index in [-0.39, 0.29) is 50.0 Å². The van der Waals surface area contributed by atoms with Crippen LogP contribution in [0.4, 0.5) is 0 Å². The lowest BCUT2D eigenvalue weighted by atomic mass is 9.94. The minimum Gasteiger partial charge on any atom is -0.465 e. The number of esters is 5. The molecule has 0 bridgehead atoms. The molecule has 0 aliphatic rings. The standard InChI is InChI=1S/C50H93NO10/c1-7-11-15-19-21-26-34-43(32-24-17-13-9-3)48(54)58-38-29-23-28-36-46(52)61-45(42-47(53)57-41-37-51(5)6)50(56)60-40-31-30-39-59-49(55)44(33-25-18-14-10-4)35-27-22-20-16-12-8-2/h43-45H,7-42H2,1-6H3/t43?,44?,45-/m0/s1. The molecule has 0 aromatic rings. The zero-order valence-corrected chi connectivity index (χ0v) is 40.2. The average Bonchev–Trinajstić information content (AvgIpc) is 3.23. The van der Waals surface area contributed by atoms with E-state index in [1.165, 1.54) is 64.2 Å². The first kappa shape index (κ1) is 58.3. The zero-order chi connectivity index (χ0) is 45.2. The monoisotopic (exact) mass is 868 g/mol. The van der Waals surface area contributed by atoms with E-state index in [0.29, 0.717) is 45.3 Å². The van der Waals surface area contributed by atoms with Crippen molar-refractivity contribution in [1.29, 1.82) is 0 Å². The van der Waals surface area contributed by atoms with Crippen molar-refractivity contribution in [3.8, 4) is 0 Å². The quantitative estimate of drug-likeness (QED) is 0.0329. The Morgan fingerprint density at radius 3 is 1.18 bits per heavy atom. The molecular formula is C50H93NO10. The highest BCUT2D eigenvalue weighted by Gasteiger charge is 2.28. The predicted octanol–water partition coefficient (Wildman–Crippen LogP) is 12.0. The minimum atomic E-state index is -1.42. The Labute approximate surface area is 373 Å². The van der Waals surface area contributed by atoms with E-state index < -0.39 is 30.4 Å². The van der Waals surface area contributed by atoms with E-state index in [2.05, 4.69) is 27.7 Å². The van der Waals surface area contributed by atoms with Gasteiger partial charge in [-0.15, -0.1) is 0 Å². The third-order valence-corrected chi connectivity index (χ3v) is 11.3. The van der Waals surface area contributed by atoms with Crippen LogP contribution < -0.4 is 0 Å². The number of unbranched alkanes of at least 4 members (excludes halogenated alkanes) is 19. The molecular weight excluding hydrogens is 775 g/mol. The molecule has 0 aromatic carbocycles. The molecule has 358 valence electrons. The fourth-order valence-electron chi connectivity index (χ4n) is 7.28. The number of likely N-dealkylation sites (N-methyl/N-ethyl adjacent to an activating group) is 1. The van der Waals surface area contributed by atoms with Gasteiger partial charge in [0.25, 0.3) is 0 Å². The number of rotatable bonds is 44. The summed E-state index contributed by atoms with van der Waals surface area (Å²) in [6.07, 6.45) is 27.7. The van der Waals surface area contributed by atoms with Gasteiger partial charge in [0.05, 0.1) is 38.1 Å². The van der Waals surface area contributed by atoms with Crippen molar-refractivity contribution in [3.63, 3.8) is 0 Å². The lowest BCUT2D eigenvalue weighted by molar-refractivity contribution is -0.172. The van der Waals surface area contributed by atoms with E-state index in [4.69, 9.17) is 23.7 Å². The molecule has 0 aliphatic carbocycles. The van der Waals surface area contributed by atoms with Gasteiger partial charge in [-0.05, 0) is 71.9 Å². The van der Waals surface area contributed by atoms with Crippen LogP contribution in [0.25, 0.3) is 0 Å². The lowest BCUT2D eigenvalue weighted by Gasteiger charge is -2.18. The Balaban J connectivity index is 4.87. The molecule has 0 aromatic heterocycles. The Bertz CT molecular complexity index is 1080. The van der Waals surface area contributed by atoms with Crippen LogP contribution in [0.2, 0.25) is 0 Å². The number of carbonyl (C=O) groups is 5. The Morgan fingerprint density at radius 2 is 0.754 bits per heavy atom. The first-order chi connectivity index (χ1) is 29.6. The third kappa shape index (κ3) is 36.5. The summed E-state index contributed by atoms with van der Waals surface area (Å²) in [6, 6.07) is 0. The van der Waals surface area contributed by atoms with Crippen LogP contribution in [0.15, 0.2) is 0 Å². The van der Waals surface area contributed by atoms with Crippen molar-refractivity contribution in [2.75, 3.05) is 47.1 Å². The first-order valence-electron chi connectivity index (χ1n) is 25.1. The summed E-state index contributed by atoms with van der Waals surface area (Å²) in [7, 11) is 3.71. The molecule has 2 unspecified atom stereocenters. The Morgan fingerprint density at radius 1 is 0.393 bits per heavy atom. The van der Waals surface area contributed by atoms with Crippen LogP contribution in [-0.2, 0) is 47.7 Å². The molecule has 11 heteroatoms. The maximum atomic E-state index is 13.1. The first-order valence-corrected chi connectivity index (χ1v) is 25.1. The second-order valence-electron chi connectivity index (χ2n) is 17.4. The van der Waals surface area contributed by atoms with Crippen molar-refractivity contribution in [1.82, 2.24) is 4.90 Å². The van der Waals surface area contributed by atoms with Gasteiger partial charge in [0, 0.05) is 13.0 Å². The van der Waals surface area contributed by atoms with Gasteiger partial charge in [-0.1, -0.05) is 156 Å². The Hall–Kier alpha value is -2.69. The molecule has 61 heavy (non-hydrogen) atoms. The largest absolute Gasteiger partial charge is 0.465 e. The van der Waals surface area contributed by atoms with Crippen molar-refractivity contribution in [3.05, 3.63) is 0 Å². The number of carbonyl (C=O) groups excluding carboxylic acids is 5. The number of nitrogens with zero attached hydrogens (tertiary/aromatic N) is 1. The lowest BCUT2D eigenvalue weighted by Crippen LogP contribution is -2.33. The summed E-state index contributed by atoms with van der Waals surface area (Å²) >= 11 is 0. The van der Waals surface area contributed by atoms with E-state index >= 15 is 0 Å². The SMILES string of the molecule is CCCCCCCCC(CCCCCC)C(=O)OCCCCCC(=O)O[C@@H](CC(=O)OCCN(C)C)C(=O)OCCCCOC(=O)C(CCCCCC)CCCCCCCC. The highest BCUT2D eigenvalue weighted by Crippen LogP contribution is 2.22. The van der Waals surface area contributed by atoms with E-state index in [1.54, 1.807) is 0 Å². The summed E-state index contributed by atoms with van der Waals surface area (Å²) < 4.78 is 27.5. The Kier molecular flexibility index (Phi) is 40.7. The van der Waals surface area contributed by atoms with Crippen LogP contribution in [0.5, 0.6) is 0 Å². The molecule has 0 saturated carbocycles. The van der Waals surface area contributed by atoms with Crippen LogP contribution in [0.1, 0.15) is 227 Å². The van der Waals surface area contributed by atoms with Gasteiger partial charge >= 0.3 is 29.8 Å². The summed E-state index contributed by atoms with van der Waals surface area (Å²) in [5.41, 5.74) is 0. The second kappa shape index (κ2) is 42.6. The summed E-state index contributed by atoms with van der Waals surface area (Å²) in [5.74, 6) is -2.44. The fourth-order valence-corrected chi connectivity index (χ4v) is 7.28. The molecule has 0 aliphatic heterocycles. The average molecular weight is 868 g/mol. The van der Waals surface area contributed by atoms with Gasteiger partial charge in [0.1, 0.15) is 6.61 Å². The molecule has 3 atom stereocenters. The number of hydrogen-bond acceptors (Lipinski definition) is 11. The fraction of sp³-hybridized carbons (Fsp3) is 0.900. The zero-order valence-electron chi connectivity index (χ0n) is 40.2. The van der Waals surface area contributed by atoms with Crippen LogP contribution in [-0.4, -0.2) is 87.9 Å². The topological polar surface area (TPSA) is 135 Å². The van der Waals surface area contributed by atoms with Crippen molar-refractivity contribution in [2.45, 2.75) is 233 Å². The molecule has 0 spiro atoms. The molecule has 0 saturated heterocycles. The van der Waals surface area contributed by atoms with Crippen molar-refractivity contribution in [2.24, 2.45) is 11.8 Å². The summed E-state index contributed by atoms with van der Waals surface area (Å²) in [6.45, 7) is 10.0. The normalized spacial score (nSPS) is 12.8. The van der Waals surface area contributed by atoms with E-state index in [0.717, 1.165) is 89.9 Å². The molecule has 0 amide bonds. The smallest absolute Gasteiger partial charge is 0.348 e. The molecule has 0 rings (SSSR count). The van der Waals surface area contributed by atoms with Gasteiger partial charge < -0.3 is 28.6 Å². The molecule has 11 nitrogen and oxygen atoms in total. The maximum Gasteiger partial charge on any atom is 0.348 e. The van der Waals surface area contributed by atoms with Gasteiger partial charge in [-0.3, -0.25) is 19.2 Å². The van der Waals surface area contributed by atoms with E-state index in [1.807, 2.05) is 19.0 Å². The highest BCUT2D eigenvalue weighted by molar-refractivity contribution is 5.84. The summed E-state index contributed by atoms with van der Waals surface area (Å²) in [4.78, 5) is 66.3.